The zero-order chi connectivity index (χ0) is 14.7. The minimum atomic E-state index is 0.642. The Labute approximate surface area is 126 Å². The van der Waals surface area contributed by atoms with E-state index < -0.39 is 0 Å². The van der Waals surface area contributed by atoms with E-state index in [0.717, 1.165) is 37.7 Å². The molecule has 5 nitrogen and oxygen atoms in total. The molecule has 0 saturated carbocycles. The molecule has 0 N–H and O–H groups in total. The molecular weight excluding hydrogens is 262 g/mol. The van der Waals surface area contributed by atoms with Crippen molar-refractivity contribution in [3.63, 3.8) is 0 Å². The molecule has 3 rings (SSSR count). The zero-order valence-electron chi connectivity index (χ0n) is 12.9. The molecule has 112 valence electrons. The van der Waals surface area contributed by atoms with Crippen LogP contribution in [0.2, 0.25) is 0 Å². The van der Waals surface area contributed by atoms with Gasteiger partial charge in [-0.25, -0.2) is 15.0 Å². The van der Waals surface area contributed by atoms with Crippen LogP contribution in [0.25, 0.3) is 0 Å². The molecule has 0 bridgehead atoms. The average molecular weight is 285 g/mol. The molecule has 0 spiro atoms. The third-order valence-corrected chi connectivity index (χ3v) is 4.23. The maximum absolute atomic E-state index is 4.74. The van der Waals surface area contributed by atoms with Gasteiger partial charge in [0.1, 0.15) is 0 Å². The van der Waals surface area contributed by atoms with Gasteiger partial charge in [-0.1, -0.05) is 6.92 Å². The van der Waals surface area contributed by atoms with Crippen LogP contribution >= 0.6 is 0 Å². The van der Waals surface area contributed by atoms with Crippen molar-refractivity contribution in [1.29, 1.82) is 0 Å². The first kappa shape index (κ1) is 14.0. The second kappa shape index (κ2) is 6.24. The lowest BCUT2D eigenvalue weighted by Crippen LogP contribution is -2.38. The Morgan fingerprint density at radius 1 is 1.38 bits per heavy atom. The summed E-state index contributed by atoms with van der Waals surface area (Å²) in [4.78, 5) is 15.7. The van der Waals surface area contributed by atoms with E-state index in [1.807, 2.05) is 24.9 Å². The molecule has 1 saturated heterocycles. The van der Waals surface area contributed by atoms with Gasteiger partial charge in [-0.05, 0) is 37.7 Å². The van der Waals surface area contributed by atoms with Crippen molar-refractivity contribution < 1.29 is 0 Å². The predicted molar refractivity (Wildman–Crippen MR) is 83.3 cm³/mol. The molecule has 1 aliphatic rings. The Morgan fingerprint density at radius 3 is 3.05 bits per heavy atom. The van der Waals surface area contributed by atoms with Crippen LogP contribution in [0.3, 0.4) is 0 Å². The molecule has 1 fully saturated rings. The first-order chi connectivity index (χ1) is 10.3. The van der Waals surface area contributed by atoms with Crippen LogP contribution in [-0.2, 0) is 13.0 Å². The van der Waals surface area contributed by atoms with Gasteiger partial charge in [0.25, 0.3) is 0 Å². The Kier molecular flexibility index (Phi) is 4.18. The Morgan fingerprint density at radius 2 is 2.29 bits per heavy atom. The predicted octanol–water partition coefficient (Wildman–Crippen LogP) is 2.46. The van der Waals surface area contributed by atoms with E-state index in [1.165, 1.54) is 18.4 Å². The minimum absolute atomic E-state index is 0.642. The van der Waals surface area contributed by atoms with Gasteiger partial charge < -0.3 is 9.47 Å². The Balaban J connectivity index is 1.70. The van der Waals surface area contributed by atoms with Crippen LogP contribution in [0.5, 0.6) is 0 Å². The number of hydrogen-bond donors (Lipinski definition) is 0. The molecule has 2 aromatic rings. The van der Waals surface area contributed by atoms with Gasteiger partial charge in [0.15, 0.2) is 0 Å². The van der Waals surface area contributed by atoms with E-state index in [2.05, 4.69) is 33.3 Å². The van der Waals surface area contributed by atoms with E-state index in [1.54, 1.807) is 0 Å². The molecule has 5 heteroatoms. The number of aromatic nitrogens is 4. The maximum Gasteiger partial charge on any atom is 0.225 e. The average Bonchev–Trinajstić information content (AvgIpc) is 3.01. The maximum atomic E-state index is 4.74. The standard InChI is InChI=1S/C16H23N5/c1-3-15-13(2)9-18-16(19-15)21-7-4-5-14(11-21)10-20-8-6-17-12-20/h6,8-9,12,14H,3-5,7,10-11H2,1-2H3/t14-/m0/s1. The van der Waals surface area contributed by atoms with Gasteiger partial charge in [0, 0.05) is 43.9 Å². The van der Waals surface area contributed by atoms with E-state index >= 15 is 0 Å². The normalized spacial score (nSPS) is 19.0. The molecule has 1 aliphatic heterocycles. The summed E-state index contributed by atoms with van der Waals surface area (Å²) in [5.41, 5.74) is 2.35. The molecule has 0 aromatic carbocycles. The number of piperidine rings is 1. The quantitative estimate of drug-likeness (QED) is 0.866. The second-order valence-electron chi connectivity index (χ2n) is 5.87. The fourth-order valence-corrected chi connectivity index (χ4v) is 3.07. The number of anilines is 1. The minimum Gasteiger partial charge on any atom is -0.340 e. The summed E-state index contributed by atoms with van der Waals surface area (Å²) in [6.45, 7) is 7.36. The van der Waals surface area contributed by atoms with Gasteiger partial charge in [0.05, 0.1) is 6.33 Å². The lowest BCUT2D eigenvalue weighted by molar-refractivity contribution is 0.363. The SMILES string of the molecule is CCc1nc(N2CCC[C@@H](Cn3ccnc3)C2)ncc1C. The summed E-state index contributed by atoms with van der Waals surface area (Å²) in [5.74, 6) is 1.54. The zero-order valence-corrected chi connectivity index (χ0v) is 12.9. The van der Waals surface area contributed by atoms with Crippen molar-refractivity contribution in [2.45, 2.75) is 39.7 Å². The van der Waals surface area contributed by atoms with Gasteiger partial charge in [-0.2, -0.15) is 0 Å². The molecule has 1 atom stereocenters. The first-order valence-electron chi connectivity index (χ1n) is 7.79. The fraction of sp³-hybridized carbons (Fsp3) is 0.562. The molecule has 21 heavy (non-hydrogen) atoms. The molecule has 0 aliphatic carbocycles. The molecule has 0 radical (unpaired) electrons. The number of rotatable bonds is 4. The molecule has 0 amide bonds. The molecule has 2 aromatic heterocycles. The molecular formula is C16H23N5. The van der Waals surface area contributed by atoms with Crippen molar-refractivity contribution >= 4 is 5.95 Å². The van der Waals surface area contributed by atoms with E-state index in [0.29, 0.717) is 5.92 Å². The third kappa shape index (κ3) is 3.23. The van der Waals surface area contributed by atoms with Crippen molar-refractivity contribution in [3.05, 3.63) is 36.2 Å². The van der Waals surface area contributed by atoms with Gasteiger partial charge in [0.2, 0.25) is 5.95 Å². The number of hydrogen-bond acceptors (Lipinski definition) is 4. The highest BCUT2D eigenvalue weighted by atomic mass is 15.3. The highest BCUT2D eigenvalue weighted by Crippen LogP contribution is 2.22. The lowest BCUT2D eigenvalue weighted by Gasteiger charge is -2.33. The topological polar surface area (TPSA) is 46.8 Å². The first-order valence-corrected chi connectivity index (χ1v) is 7.79. The van der Waals surface area contributed by atoms with Crippen LogP contribution in [-0.4, -0.2) is 32.6 Å². The van der Waals surface area contributed by atoms with Gasteiger partial charge in [-0.3, -0.25) is 0 Å². The van der Waals surface area contributed by atoms with Crippen molar-refractivity contribution in [2.75, 3.05) is 18.0 Å². The monoisotopic (exact) mass is 285 g/mol. The lowest BCUT2D eigenvalue weighted by atomic mass is 9.98. The number of aryl methyl sites for hydroxylation is 2. The summed E-state index contributed by atoms with van der Waals surface area (Å²) in [6.07, 6.45) is 11.2. The van der Waals surface area contributed by atoms with Gasteiger partial charge >= 0.3 is 0 Å². The summed E-state index contributed by atoms with van der Waals surface area (Å²) in [7, 11) is 0. The Hall–Kier alpha value is -1.91. The third-order valence-electron chi connectivity index (χ3n) is 4.23. The summed E-state index contributed by atoms with van der Waals surface area (Å²) in [5, 5.41) is 0. The van der Waals surface area contributed by atoms with Gasteiger partial charge in [-0.15, -0.1) is 0 Å². The van der Waals surface area contributed by atoms with E-state index in [4.69, 9.17) is 4.98 Å². The van der Waals surface area contributed by atoms with Crippen LogP contribution < -0.4 is 4.90 Å². The summed E-state index contributed by atoms with van der Waals surface area (Å²) < 4.78 is 2.17. The fourth-order valence-electron chi connectivity index (χ4n) is 3.07. The second-order valence-corrected chi connectivity index (χ2v) is 5.87. The highest BCUT2D eigenvalue weighted by Gasteiger charge is 2.22. The summed E-state index contributed by atoms with van der Waals surface area (Å²) >= 11 is 0. The smallest absolute Gasteiger partial charge is 0.225 e. The highest BCUT2D eigenvalue weighted by molar-refractivity contribution is 5.33. The van der Waals surface area contributed by atoms with Crippen LogP contribution in [0.15, 0.2) is 24.9 Å². The van der Waals surface area contributed by atoms with Crippen molar-refractivity contribution in [1.82, 2.24) is 19.5 Å². The van der Waals surface area contributed by atoms with Crippen molar-refractivity contribution in [2.24, 2.45) is 5.92 Å². The number of imidazole rings is 1. The van der Waals surface area contributed by atoms with E-state index in [9.17, 15) is 0 Å². The van der Waals surface area contributed by atoms with Crippen LogP contribution in [0.4, 0.5) is 5.95 Å². The van der Waals surface area contributed by atoms with Crippen molar-refractivity contribution in [3.8, 4) is 0 Å². The number of nitrogens with zero attached hydrogens (tertiary/aromatic N) is 5. The largest absolute Gasteiger partial charge is 0.340 e. The summed E-state index contributed by atoms with van der Waals surface area (Å²) in [6, 6.07) is 0. The van der Waals surface area contributed by atoms with E-state index in [-0.39, 0.29) is 0 Å². The molecule has 0 unspecified atom stereocenters. The Bertz CT molecular complexity index is 578. The van der Waals surface area contributed by atoms with Crippen LogP contribution in [0, 0.1) is 12.8 Å². The van der Waals surface area contributed by atoms with Crippen LogP contribution in [0.1, 0.15) is 31.0 Å². The molecule has 3 heterocycles.